The number of nitrogen functional groups attached to an aromatic ring is 2. The monoisotopic (exact) mass is 324 g/mol. The molecular weight excluding hydrogens is 292 g/mol. The fraction of sp³-hybridized carbons (Fsp3) is 0.545. The van der Waals surface area contributed by atoms with Crippen molar-refractivity contribution in [3.63, 3.8) is 0 Å². The van der Waals surface area contributed by atoms with E-state index in [0.29, 0.717) is 11.8 Å². The van der Waals surface area contributed by atoms with Gasteiger partial charge in [-0.25, -0.2) is 0 Å². The Balaban J connectivity index is 2.26. The molecule has 130 valence electrons. The lowest BCUT2D eigenvalue weighted by Crippen LogP contribution is -2.13. The molecule has 0 amide bonds. The second kappa shape index (κ2) is 7.46. The molecule has 0 aliphatic heterocycles. The van der Waals surface area contributed by atoms with Crippen molar-refractivity contribution in [2.75, 3.05) is 11.5 Å². The van der Waals surface area contributed by atoms with Gasteiger partial charge in [-0.1, -0.05) is 50.0 Å². The van der Waals surface area contributed by atoms with E-state index >= 15 is 0 Å². The third-order valence-corrected chi connectivity index (χ3v) is 5.93. The lowest BCUT2D eigenvalue weighted by molar-refractivity contribution is 0.710. The molecule has 4 N–H and O–H groups in total. The molecule has 3 rings (SSSR count). The Morgan fingerprint density at radius 3 is 1.42 bits per heavy atom. The summed E-state index contributed by atoms with van der Waals surface area (Å²) in [5.74, 6) is 1.14. The molecule has 0 atom stereocenters. The minimum absolute atomic E-state index is 0.538. The highest BCUT2D eigenvalue weighted by Crippen LogP contribution is 2.48. The highest BCUT2D eigenvalue weighted by Gasteiger charge is 2.30. The van der Waals surface area contributed by atoms with Crippen molar-refractivity contribution >= 4 is 23.5 Å². The average Bonchev–Trinajstić information content (AvgIpc) is 3.26. The van der Waals surface area contributed by atoms with Gasteiger partial charge in [-0.05, 0) is 56.9 Å². The van der Waals surface area contributed by atoms with E-state index in [4.69, 9.17) is 11.5 Å². The van der Waals surface area contributed by atoms with Gasteiger partial charge in [-0.15, -0.1) is 0 Å². The van der Waals surface area contributed by atoms with Crippen LogP contribution in [0, 0.1) is 0 Å². The van der Waals surface area contributed by atoms with E-state index in [1.165, 1.54) is 73.6 Å². The van der Waals surface area contributed by atoms with Crippen molar-refractivity contribution in [3.05, 3.63) is 34.4 Å². The Morgan fingerprint density at radius 1 is 0.667 bits per heavy atom. The molecule has 0 bridgehead atoms. The zero-order chi connectivity index (χ0) is 17.1. The van der Waals surface area contributed by atoms with Gasteiger partial charge < -0.3 is 11.5 Å². The summed E-state index contributed by atoms with van der Waals surface area (Å²) in [7, 11) is 0. The van der Waals surface area contributed by atoms with Crippen LogP contribution in [0.15, 0.2) is 12.2 Å². The van der Waals surface area contributed by atoms with Crippen molar-refractivity contribution in [2.24, 2.45) is 0 Å². The first-order chi connectivity index (χ1) is 11.7. The summed E-state index contributed by atoms with van der Waals surface area (Å²) in [4.78, 5) is 0. The predicted molar refractivity (Wildman–Crippen MR) is 107 cm³/mol. The Morgan fingerprint density at radius 2 is 1.04 bits per heavy atom. The summed E-state index contributed by atoms with van der Waals surface area (Å²) < 4.78 is 0. The van der Waals surface area contributed by atoms with Crippen LogP contribution in [0.2, 0.25) is 0 Å². The normalized spacial score (nSPS) is 20.1. The Kier molecular flexibility index (Phi) is 5.33. The summed E-state index contributed by atoms with van der Waals surface area (Å²) >= 11 is 0. The summed E-state index contributed by atoms with van der Waals surface area (Å²) in [5, 5.41) is 0. The largest absolute Gasteiger partial charge is 0.398 e. The van der Waals surface area contributed by atoms with Gasteiger partial charge >= 0.3 is 0 Å². The van der Waals surface area contributed by atoms with Gasteiger partial charge in [0.15, 0.2) is 0 Å². The van der Waals surface area contributed by atoms with Gasteiger partial charge in [0.25, 0.3) is 0 Å². The van der Waals surface area contributed by atoms with Gasteiger partial charge in [0.1, 0.15) is 0 Å². The van der Waals surface area contributed by atoms with Crippen LogP contribution in [0.5, 0.6) is 0 Å². The molecule has 2 heteroatoms. The lowest BCUT2D eigenvalue weighted by atomic mass is 9.81. The molecule has 2 aliphatic rings. The SMILES string of the molecule is CC=Cc1c(N)c(C2CCCC2)c(N)c(C=CC)c1C1CCCC1. The second-order valence-electron chi connectivity index (χ2n) is 7.44. The number of nitrogens with two attached hydrogens (primary N) is 2. The number of hydrogen-bond acceptors (Lipinski definition) is 2. The summed E-state index contributed by atoms with van der Waals surface area (Å²) in [6, 6.07) is 0. The molecule has 24 heavy (non-hydrogen) atoms. The Bertz CT molecular complexity index is 603. The summed E-state index contributed by atoms with van der Waals surface area (Å²) in [6.45, 7) is 4.16. The van der Waals surface area contributed by atoms with Gasteiger partial charge in [-0.3, -0.25) is 0 Å². The quantitative estimate of drug-likeness (QED) is 0.645. The van der Waals surface area contributed by atoms with E-state index in [1.807, 2.05) is 0 Å². The van der Waals surface area contributed by atoms with Gasteiger partial charge in [0.05, 0.1) is 0 Å². The van der Waals surface area contributed by atoms with E-state index in [1.54, 1.807) is 0 Å². The molecule has 0 radical (unpaired) electrons. The molecule has 0 aromatic heterocycles. The third-order valence-electron chi connectivity index (χ3n) is 5.93. The maximum absolute atomic E-state index is 6.73. The van der Waals surface area contributed by atoms with Crippen LogP contribution in [-0.4, -0.2) is 0 Å². The molecule has 0 saturated heterocycles. The summed E-state index contributed by atoms with van der Waals surface area (Å²) in [6.07, 6.45) is 18.9. The van der Waals surface area contributed by atoms with Crippen molar-refractivity contribution in [1.82, 2.24) is 0 Å². The average molecular weight is 325 g/mol. The first-order valence-corrected chi connectivity index (χ1v) is 9.69. The van der Waals surface area contributed by atoms with Crippen LogP contribution in [0.3, 0.4) is 0 Å². The van der Waals surface area contributed by atoms with Crippen LogP contribution >= 0.6 is 0 Å². The van der Waals surface area contributed by atoms with Crippen molar-refractivity contribution in [2.45, 2.75) is 77.0 Å². The highest BCUT2D eigenvalue weighted by molar-refractivity contribution is 5.85. The van der Waals surface area contributed by atoms with E-state index in [0.717, 1.165) is 11.4 Å². The van der Waals surface area contributed by atoms with Gasteiger partial charge in [-0.2, -0.15) is 0 Å². The van der Waals surface area contributed by atoms with Crippen molar-refractivity contribution in [1.29, 1.82) is 0 Å². The van der Waals surface area contributed by atoms with Crippen LogP contribution < -0.4 is 11.5 Å². The maximum atomic E-state index is 6.73. The fourth-order valence-electron chi connectivity index (χ4n) is 4.87. The molecule has 0 unspecified atom stereocenters. The van der Waals surface area contributed by atoms with Crippen LogP contribution in [-0.2, 0) is 0 Å². The summed E-state index contributed by atoms with van der Waals surface area (Å²) in [5.41, 5.74) is 20.5. The minimum Gasteiger partial charge on any atom is -0.398 e. The fourth-order valence-corrected chi connectivity index (χ4v) is 4.87. The molecule has 2 saturated carbocycles. The molecule has 2 nitrogen and oxygen atoms in total. The minimum atomic E-state index is 0.538. The number of benzene rings is 1. The molecule has 0 spiro atoms. The third kappa shape index (κ3) is 2.99. The van der Waals surface area contributed by atoms with E-state index in [-0.39, 0.29) is 0 Å². The van der Waals surface area contributed by atoms with Crippen LogP contribution in [0.25, 0.3) is 12.2 Å². The van der Waals surface area contributed by atoms with Crippen LogP contribution in [0.4, 0.5) is 11.4 Å². The molecule has 0 heterocycles. The Labute approximate surface area is 147 Å². The topological polar surface area (TPSA) is 52.0 Å². The van der Waals surface area contributed by atoms with Gasteiger partial charge in [0, 0.05) is 28.1 Å². The van der Waals surface area contributed by atoms with Crippen LogP contribution in [0.1, 0.15) is 99.3 Å². The number of allylic oxidation sites excluding steroid dienone is 2. The maximum Gasteiger partial charge on any atom is 0.0447 e. The molecule has 1 aromatic rings. The van der Waals surface area contributed by atoms with Crippen molar-refractivity contribution in [3.8, 4) is 0 Å². The number of rotatable bonds is 4. The van der Waals surface area contributed by atoms with E-state index in [2.05, 4.69) is 38.2 Å². The molecular formula is C22H32N2. The smallest absolute Gasteiger partial charge is 0.0447 e. The molecule has 2 fully saturated rings. The van der Waals surface area contributed by atoms with E-state index < -0.39 is 0 Å². The standard InChI is InChI=1S/C22H32N2/c1-3-9-17-19(15-11-5-6-12-15)18(10-4-2)22(24)20(21(17)23)16-13-7-8-14-16/h3-4,9-10,15-16H,5-8,11-14,23-24H2,1-2H3. The number of anilines is 2. The molecule has 1 aromatic carbocycles. The lowest BCUT2D eigenvalue weighted by Gasteiger charge is -2.26. The first kappa shape index (κ1) is 17.1. The predicted octanol–water partition coefficient (Wildman–Crippen LogP) is 6.23. The Hall–Kier alpha value is -1.70. The molecule has 2 aliphatic carbocycles. The zero-order valence-electron chi connectivity index (χ0n) is 15.3. The van der Waals surface area contributed by atoms with E-state index in [9.17, 15) is 0 Å². The second-order valence-corrected chi connectivity index (χ2v) is 7.44. The highest BCUT2D eigenvalue weighted by atomic mass is 14.7. The zero-order valence-corrected chi connectivity index (χ0v) is 15.3. The number of hydrogen-bond donors (Lipinski definition) is 2. The van der Waals surface area contributed by atoms with Crippen molar-refractivity contribution < 1.29 is 0 Å². The first-order valence-electron chi connectivity index (χ1n) is 9.69. The van der Waals surface area contributed by atoms with Gasteiger partial charge in [0.2, 0.25) is 0 Å².